The Hall–Kier alpha value is -1.38. The minimum atomic E-state index is -1.37. The summed E-state index contributed by atoms with van der Waals surface area (Å²) in [7, 11) is 3.07. The third-order valence-corrected chi connectivity index (χ3v) is 3.84. The van der Waals surface area contributed by atoms with Crippen molar-refractivity contribution in [2.24, 2.45) is 0 Å². The van der Waals surface area contributed by atoms with Crippen molar-refractivity contribution in [3.8, 4) is 11.5 Å². The van der Waals surface area contributed by atoms with Crippen LogP contribution in [0.3, 0.4) is 0 Å². The quantitative estimate of drug-likeness (QED) is 0.557. The van der Waals surface area contributed by atoms with Gasteiger partial charge in [-0.1, -0.05) is 0 Å². The largest absolute Gasteiger partial charge is 0.497 e. The van der Waals surface area contributed by atoms with Gasteiger partial charge in [0, 0.05) is 12.5 Å². The van der Waals surface area contributed by atoms with Crippen LogP contribution in [0.15, 0.2) is 18.2 Å². The van der Waals surface area contributed by atoms with Gasteiger partial charge in [-0.2, -0.15) is 0 Å². The second-order valence-corrected chi connectivity index (χ2v) is 5.29. The first-order chi connectivity index (χ1) is 10.5. The van der Waals surface area contributed by atoms with Crippen molar-refractivity contribution < 1.29 is 34.6 Å². The van der Waals surface area contributed by atoms with Crippen LogP contribution in [0.5, 0.6) is 11.5 Å². The van der Waals surface area contributed by atoms with Crippen LogP contribution < -0.4 is 9.47 Å². The first-order valence-corrected chi connectivity index (χ1v) is 7.02. The van der Waals surface area contributed by atoms with Gasteiger partial charge in [-0.15, -0.1) is 0 Å². The van der Waals surface area contributed by atoms with Crippen molar-refractivity contribution in [2.75, 3.05) is 20.8 Å². The number of hydrogen-bond acceptors (Lipinski definition) is 7. The highest BCUT2D eigenvalue weighted by Crippen LogP contribution is 2.27. The van der Waals surface area contributed by atoms with E-state index in [9.17, 15) is 20.4 Å². The Bertz CT molecular complexity index is 469. The molecule has 1 aromatic carbocycles. The molecule has 0 aromatic heterocycles. The lowest BCUT2D eigenvalue weighted by atomic mass is 9.91. The lowest BCUT2D eigenvalue weighted by molar-refractivity contribution is -0.228. The summed E-state index contributed by atoms with van der Waals surface area (Å²) < 4.78 is 15.9. The van der Waals surface area contributed by atoms with E-state index < -0.39 is 37.1 Å². The molecule has 1 heterocycles. The first-order valence-electron chi connectivity index (χ1n) is 7.02. The summed E-state index contributed by atoms with van der Waals surface area (Å²) >= 11 is 0. The maximum absolute atomic E-state index is 10.1. The number of methoxy groups -OCH3 is 2. The van der Waals surface area contributed by atoms with Gasteiger partial charge in [0.1, 0.15) is 35.9 Å². The van der Waals surface area contributed by atoms with E-state index in [0.717, 1.165) is 5.56 Å². The molecule has 1 aromatic rings. The fourth-order valence-corrected chi connectivity index (χ4v) is 2.56. The van der Waals surface area contributed by atoms with Crippen LogP contribution in [-0.2, 0) is 11.2 Å². The van der Waals surface area contributed by atoms with Gasteiger partial charge in [0.15, 0.2) is 0 Å². The van der Waals surface area contributed by atoms with Crippen molar-refractivity contribution >= 4 is 0 Å². The predicted molar refractivity (Wildman–Crippen MR) is 77.0 cm³/mol. The monoisotopic (exact) mass is 314 g/mol. The third kappa shape index (κ3) is 3.50. The number of benzene rings is 1. The molecular weight excluding hydrogens is 292 g/mol. The number of aliphatic hydroxyl groups is 4. The Morgan fingerprint density at radius 2 is 1.45 bits per heavy atom. The van der Waals surface area contributed by atoms with E-state index in [1.54, 1.807) is 18.2 Å². The summed E-state index contributed by atoms with van der Waals surface area (Å²) in [4.78, 5) is 0. The van der Waals surface area contributed by atoms with Crippen LogP contribution in [0, 0.1) is 0 Å². The average Bonchev–Trinajstić information content (AvgIpc) is 2.54. The first kappa shape index (κ1) is 17.0. The SMILES string of the molecule is COc1cc(C[C@@H]2O[C@H](CO)[C@@H](O)[C@H](O)[C@H]2O)cc(OC)c1. The Labute approximate surface area is 128 Å². The van der Waals surface area contributed by atoms with Gasteiger partial charge < -0.3 is 34.6 Å². The topological polar surface area (TPSA) is 109 Å². The standard InChI is InChI=1S/C15H22O7/c1-20-9-3-8(4-10(6-9)21-2)5-11-13(17)15(19)14(18)12(7-16)22-11/h3-4,6,11-19H,5,7H2,1-2H3/t11-,12+,13-,14+,15+/m0/s1. The van der Waals surface area contributed by atoms with Crippen molar-refractivity contribution in [1.29, 1.82) is 0 Å². The van der Waals surface area contributed by atoms with E-state index in [1.807, 2.05) is 0 Å². The Morgan fingerprint density at radius 1 is 0.909 bits per heavy atom. The Kier molecular flexibility index (Phi) is 5.60. The fourth-order valence-electron chi connectivity index (χ4n) is 2.56. The van der Waals surface area contributed by atoms with E-state index in [2.05, 4.69) is 0 Å². The maximum atomic E-state index is 10.1. The smallest absolute Gasteiger partial charge is 0.122 e. The highest BCUT2D eigenvalue weighted by Gasteiger charge is 2.43. The van der Waals surface area contributed by atoms with Crippen LogP contribution in [0.2, 0.25) is 0 Å². The van der Waals surface area contributed by atoms with E-state index in [0.29, 0.717) is 11.5 Å². The molecule has 0 bridgehead atoms. The van der Waals surface area contributed by atoms with Crippen molar-refractivity contribution in [3.63, 3.8) is 0 Å². The van der Waals surface area contributed by atoms with E-state index >= 15 is 0 Å². The van der Waals surface area contributed by atoms with Gasteiger partial charge >= 0.3 is 0 Å². The van der Waals surface area contributed by atoms with Gasteiger partial charge in [-0.05, 0) is 17.7 Å². The molecule has 0 aliphatic carbocycles. The number of aliphatic hydroxyl groups excluding tert-OH is 4. The van der Waals surface area contributed by atoms with E-state index in [4.69, 9.17) is 14.2 Å². The van der Waals surface area contributed by atoms with Crippen LogP contribution in [0.4, 0.5) is 0 Å². The summed E-state index contributed by atoms with van der Waals surface area (Å²) in [5, 5.41) is 38.8. The summed E-state index contributed by atoms with van der Waals surface area (Å²) in [6.07, 6.45) is -5.37. The van der Waals surface area contributed by atoms with E-state index in [1.165, 1.54) is 14.2 Å². The number of hydrogen-bond donors (Lipinski definition) is 4. The second kappa shape index (κ2) is 7.26. The van der Waals surface area contributed by atoms with E-state index in [-0.39, 0.29) is 6.42 Å². The second-order valence-electron chi connectivity index (χ2n) is 5.29. The Balaban J connectivity index is 2.18. The molecule has 0 unspecified atom stereocenters. The summed E-state index contributed by atoms with van der Waals surface area (Å²) in [6, 6.07) is 5.25. The molecule has 22 heavy (non-hydrogen) atoms. The normalized spacial score (nSPS) is 31.8. The van der Waals surface area contributed by atoms with Crippen LogP contribution in [0.1, 0.15) is 5.56 Å². The van der Waals surface area contributed by atoms with Crippen LogP contribution >= 0.6 is 0 Å². The predicted octanol–water partition coefficient (Wildman–Crippen LogP) is -0.911. The molecule has 1 aliphatic heterocycles. The molecule has 4 N–H and O–H groups in total. The van der Waals surface area contributed by atoms with Crippen molar-refractivity contribution in [2.45, 2.75) is 36.9 Å². The molecule has 5 atom stereocenters. The van der Waals surface area contributed by atoms with Gasteiger partial charge in [0.2, 0.25) is 0 Å². The van der Waals surface area contributed by atoms with Gasteiger partial charge in [0.25, 0.3) is 0 Å². The third-order valence-electron chi connectivity index (χ3n) is 3.84. The molecule has 2 rings (SSSR count). The minimum absolute atomic E-state index is 0.273. The maximum Gasteiger partial charge on any atom is 0.122 e. The molecule has 0 radical (unpaired) electrons. The molecule has 7 nitrogen and oxygen atoms in total. The zero-order valence-corrected chi connectivity index (χ0v) is 12.5. The molecule has 0 amide bonds. The van der Waals surface area contributed by atoms with Crippen molar-refractivity contribution in [1.82, 2.24) is 0 Å². The fraction of sp³-hybridized carbons (Fsp3) is 0.600. The van der Waals surface area contributed by atoms with Crippen LogP contribution in [0.25, 0.3) is 0 Å². The van der Waals surface area contributed by atoms with Gasteiger partial charge in [0.05, 0.1) is 26.9 Å². The minimum Gasteiger partial charge on any atom is -0.497 e. The van der Waals surface area contributed by atoms with Gasteiger partial charge in [-0.25, -0.2) is 0 Å². The Morgan fingerprint density at radius 3 is 1.95 bits per heavy atom. The zero-order chi connectivity index (χ0) is 16.3. The molecule has 1 saturated heterocycles. The highest BCUT2D eigenvalue weighted by molar-refractivity contribution is 5.38. The lowest BCUT2D eigenvalue weighted by Crippen LogP contribution is -2.59. The molecule has 0 spiro atoms. The van der Waals surface area contributed by atoms with Crippen molar-refractivity contribution in [3.05, 3.63) is 23.8 Å². The molecular formula is C15H22O7. The molecule has 1 aliphatic rings. The lowest BCUT2D eigenvalue weighted by Gasteiger charge is -2.40. The van der Waals surface area contributed by atoms with Crippen LogP contribution in [-0.4, -0.2) is 71.8 Å². The summed E-state index contributed by atoms with van der Waals surface area (Å²) in [5.74, 6) is 1.19. The number of rotatable bonds is 5. The van der Waals surface area contributed by atoms with Gasteiger partial charge in [-0.3, -0.25) is 0 Å². The summed E-state index contributed by atoms with van der Waals surface area (Å²) in [5.41, 5.74) is 0.778. The summed E-state index contributed by atoms with van der Waals surface area (Å²) in [6.45, 7) is -0.442. The molecule has 0 saturated carbocycles. The molecule has 124 valence electrons. The molecule has 1 fully saturated rings. The average molecular weight is 314 g/mol. The number of ether oxygens (including phenoxy) is 3. The molecule has 7 heteroatoms. The zero-order valence-electron chi connectivity index (χ0n) is 12.5. The highest BCUT2D eigenvalue weighted by atomic mass is 16.5.